The highest BCUT2D eigenvalue weighted by Crippen LogP contribution is 2.18. The normalized spacial score (nSPS) is 19.9. The first-order valence-electron chi connectivity index (χ1n) is 5.48. The van der Waals surface area contributed by atoms with Crippen LogP contribution in [0.25, 0.3) is 0 Å². The van der Waals surface area contributed by atoms with Crippen molar-refractivity contribution in [3.8, 4) is 0 Å². The molecule has 0 radical (unpaired) electrons. The zero-order valence-corrected chi connectivity index (χ0v) is 9.13. The number of hydrogen-bond acceptors (Lipinski definition) is 3. The highest BCUT2D eigenvalue weighted by molar-refractivity contribution is 5.70. The Morgan fingerprint density at radius 3 is 2.81 bits per heavy atom. The highest BCUT2D eigenvalue weighted by Gasteiger charge is 2.31. The van der Waals surface area contributed by atoms with Gasteiger partial charge in [0.25, 0.3) is 0 Å². The summed E-state index contributed by atoms with van der Waals surface area (Å²) in [6, 6.07) is 10.0. The average Bonchev–Trinajstić information content (AvgIpc) is 2.64. The third-order valence-electron chi connectivity index (χ3n) is 2.77. The Balaban J connectivity index is 2.04. The molecule has 0 aliphatic carbocycles. The van der Waals surface area contributed by atoms with E-state index >= 15 is 0 Å². The molecule has 2 rings (SSSR count). The van der Waals surface area contributed by atoms with Crippen LogP contribution in [0.4, 0.5) is 4.79 Å². The fourth-order valence-electron chi connectivity index (χ4n) is 1.89. The minimum atomic E-state index is -0.234. The summed E-state index contributed by atoms with van der Waals surface area (Å²) in [4.78, 5) is 13.3. The van der Waals surface area contributed by atoms with Crippen molar-refractivity contribution in [1.82, 2.24) is 4.90 Å². The maximum Gasteiger partial charge on any atom is 0.410 e. The Kier molecular flexibility index (Phi) is 3.41. The van der Waals surface area contributed by atoms with Crippen molar-refractivity contribution in [3.05, 3.63) is 35.9 Å². The molecule has 1 aliphatic heterocycles. The van der Waals surface area contributed by atoms with E-state index in [1.54, 1.807) is 4.90 Å². The lowest BCUT2D eigenvalue weighted by Crippen LogP contribution is -2.34. The number of nitrogens with zero attached hydrogens (tertiary/aromatic N) is 1. The number of rotatable bonds is 4. The molecule has 1 unspecified atom stereocenters. The molecule has 1 aliphatic rings. The number of amides is 1. The van der Waals surface area contributed by atoms with E-state index in [0.29, 0.717) is 19.7 Å². The van der Waals surface area contributed by atoms with E-state index in [9.17, 15) is 4.79 Å². The Labute approximate surface area is 95.0 Å². The van der Waals surface area contributed by atoms with Crippen LogP contribution in [-0.4, -0.2) is 30.2 Å². The van der Waals surface area contributed by atoms with Crippen LogP contribution < -0.4 is 5.73 Å². The van der Waals surface area contributed by atoms with Gasteiger partial charge in [-0.05, 0) is 18.5 Å². The molecule has 1 fully saturated rings. The third kappa shape index (κ3) is 2.33. The molecular weight excluding hydrogens is 204 g/mol. The van der Waals surface area contributed by atoms with E-state index in [2.05, 4.69) is 0 Å². The summed E-state index contributed by atoms with van der Waals surface area (Å²) >= 11 is 0. The highest BCUT2D eigenvalue weighted by atomic mass is 16.6. The van der Waals surface area contributed by atoms with E-state index in [1.165, 1.54) is 0 Å². The molecule has 0 saturated carbocycles. The molecule has 0 bridgehead atoms. The Hall–Kier alpha value is -1.55. The van der Waals surface area contributed by atoms with Gasteiger partial charge in [-0.25, -0.2) is 4.79 Å². The fourth-order valence-corrected chi connectivity index (χ4v) is 1.89. The SMILES string of the molecule is NCCC1COC(=O)N1Cc1ccccc1. The van der Waals surface area contributed by atoms with E-state index in [4.69, 9.17) is 10.5 Å². The molecule has 1 aromatic rings. The molecule has 0 aromatic heterocycles. The van der Waals surface area contributed by atoms with E-state index in [1.807, 2.05) is 30.3 Å². The first-order chi connectivity index (χ1) is 7.81. The standard InChI is InChI=1S/C12H16N2O2/c13-7-6-11-9-16-12(15)14(11)8-10-4-2-1-3-5-10/h1-5,11H,6-9,13H2. The molecule has 4 nitrogen and oxygen atoms in total. The minimum absolute atomic E-state index is 0.123. The summed E-state index contributed by atoms with van der Waals surface area (Å²) in [5.74, 6) is 0. The third-order valence-corrected chi connectivity index (χ3v) is 2.77. The minimum Gasteiger partial charge on any atom is -0.447 e. The van der Waals surface area contributed by atoms with Crippen LogP contribution in [0.1, 0.15) is 12.0 Å². The van der Waals surface area contributed by atoms with Crippen molar-refractivity contribution in [3.63, 3.8) is 0 Å². The van der Waals surface area contributed by atoms with Gasteiger partial charge in [0.05, 0.1) is 6.04 Å². The lowest BCUT2D eigenvalue weighted by molar-refractivity contribution is 0.156. The maximum absolute atomic E-state index is 11.5. The molecule has 1 atom stereocenters. The molecule has 1 saturated heterocycles. The van der Waals surface area contributed by atoms with Gasteiger partial charge in [-0.3, -0.25) is 4.90 Å². The van der Waals surface area contributed by atoms with Gasteiger partial charge in [-0.2, -0.15) is 0 Å². The number of carbonyl (C=O) groups excluding carboxylic acids is 1. The quantitative estimate of drug-likeness (QED) is 0.833. The number of hydrogen-bond donors (Lipinski definition) is 1. The van der Waals surface area contributed by atoms with Gasteiger partial charge in [0.15, 0.2) is 0 Å². The zero-order chi connectivity index (χ0) is 11.4. The summed E-state index contributed by atoms with van der Waals surface area (Å²) in [5.41, 5.74) is 6.63. The van der Waals surface area contributed by atoms with Crippen LogP contribution in [0.15, 0.2) is 30.3 Å². The molecule has 0 spiro atoms. The molecule has 1 amide bonds. The van der Waals surface area contributed by atoms with Gasteiger partial charge in [-0.1, -0.05) is 30.3 Å². The van der Waals surface area contributed by atoms with Crippen LogP contribution >= 0.6 is 0 Å². The van der Waals surface area contributed by atoms with Gasteiger partial charge in [0, 0.05) is 6.54 Å². The van der Waals surface area contributed by atoms with Gasteiger partial charge < -0.3 is 10.5 Å². The molecular formula is C12H16N2O2. The molecule has 1 heterocycles. The van der Waals surface area contributed by atoms with E-state index in [0.717, 1.165) is 12.0 Å². The monoisotopic (exact) mass is 220 g/mol. The van der Waals surface area contributed by atoms with Crippen LogP contribution in [0.2, 0.25) is 0 Å². The fraction of sp³-hybridized carbons (Fsp3) is 0.417. The summed E-state index contributed by atoms with van der Waals surface area (Å²) < 4.78 is 5.03. The zero-order valence-electron chi connectivity index (χ0n) is 9.13. The van der Waals surface area contributed by atoms with Crippen LogP contribution in [0, 0.1) is 0 Å². The van der Waals surface area contributed by atoms with E-state index < -0.39 is 0 Å². The van der Waals surface area contributed by atoms with Crippen LogP contribution in [0.5, 0.6) is 0 Å². The number of ether oxygens (including phenoxy) is 1. The van der Waals surface area contributed by atoms with Crippen LogP contribution in [0.3, 0.4) is 0 Å². The largest absolute Gasteiger partial charge is 0.447 e. The van der Waals surface area contributed by atoms with Gasteiger partial charge in [-0.15, -0.1) is 0 Å². The van der Waals surface area contributed by atoms with Crippen molar-refractivity contribution in [2.24, 2.45) is 5.73 Å². The van der Waals surface area contributed by atoms with Gasteiger partial charge >= 0.3 is 6.09 Å². The number of nitrogens with two attached hydrogens (primary N) is 1. The molecule has 16 heavy (non-hydrogen) atoms. The second kappa shape index (κ2) is 4.99. The summed E-state index contributed by atoms with van der Waals surface area (Å²) in [5, 5.41) is 0. The topological polar surface area (TPSA) is 55.6 Å². The number of benzene rings is 1. The molecule has 1 aromatic carbocycles. The summed E-state index contributed by atoms with van der Waals surface area (Å²) in [7, 11) is 0. The van der Waals surface area contributed by atoms with Crippen molar-refractivity contribution in [2.45, 2.75) is 19.0 Å². The van der Waals surface area contributed by atoms with Gasteiger partial charge in [0.1, 0.15) is 6.61 Å². The predicted molar refractivity (Wildman–Crippen MR) is 60.8 cm³/mol. The van der Waals surface area contributed by atoms with Crippen molar-refractivity contribution >= 4 is 6.09 Å². The number of cyclic esters (lactones) is 1. The Bertz CT molecular complexity index is 353. The molecule has 2 N–H and O–H groups in total. The summed E-state index contributed by atoms with van der Waals surface area (Å²) in [6.07, 6.45) is 0.556. The first kappa shape index (κ1) is 11.0. The van der Waals surface area contributed by atoms with Crippen molar-refractivity contribution < 1.29 is 9.53 Å². The Morgan fingerprint density at radius 1 is 1.38 bits per heavy atom. The number of carbonyl (C=O) groups is 1. The van der Waals surface area contributed by atoms with E-state index in [-0.39, 0.29) is 12.1 Å². The lowest BCUT2D eigenvalue weighted by atomic mass is 10.1. The lowest BCUT2D eigenvalue weighted by Gasteiger charge is -2.20. The van der Waals surface area contributed by atoms with Crippen molar-refractivity contribution in [2.75, 3.05) is 13.2 Å². The van der Waals surface area contributed by atoms with Crippen molar-refractivity contribution in [1.29, 1.82) is 0 Å². The predicted octanol–water partition coefficient (Wildman–Crippen LogP) is 1.36. The second-order valence-electron chi connectivity index (χ2n) is 3.92. The molecule has 86 valence electrons. The Morgan fingerprint density at radius 2 is 2.12 bits per heavy atom. The maximum atomic E-state index is 11.5. The smallest absolute Gasteiger partial charge is 0.410 e. The summed E-state index contributed by atoms with van der Waals surface area (Å²) in [6.45, 7) is 1.64. The average molecular weight is 220 g/mol. The van der Waals surface area contributed by atoms with Crippen LogP contribution in [-0.2, 0) is 11.3 Å². The first-order valence-corrected chi connectivity index (χ1v) is 5.48. The van der Waals surface area contributed by atoms with Gasteiger partial charge in [0.2, 0.25) is 0 Å². The molecule has 4 heteroatoms. The second-order valence-corrected chi connectivity index (χ2v) is 3.92.